The quantitative estimate of drug-likeness (QED) is 0.612. The van der Waals surface area contributed by atoms with Crippen LogP contribution in [0.2, 0.25) is 0 Å². The molecule has 6 heteroatoms. The van der Waals surface area contributed by atoms with Crippen molar-refractivity contribution in [1.82, 2.24) is 4.98 Å². The van der Waals surface area contributed by atoms with Crippen molar-refractivity contribution in [2.45, 2.75) is 18.9 Å². The summed E-state index contributed by atoms with van der Waals surface area (Å²) in [6.07, 6.45) is 3.10. The lowest BCUT2D eigenvalue weighted by Gasteiger charge is -2.33. The van der Waals surface area contributed by atoms with Crippen molar-refractivity contribution in [3.05, 3.63) is 28.4 Å². The third-order valence-corrected chi connectivity index (χ3v) is 2.66. The number of ether oxygens (including phenoxy) is 1. The van der Waals surface area contributed by atoms with Gasteiger partial charge in [-0.25, -0.2) is 0 Å². The number of hydrogen-bond acceptors (Lipinski definition) is 5. The molecule has 0 saturated heterocycles. The standard InChI is InChI=1S/C10H12N2O4/c13-6-7-3-9(4-7)16-8-1-2-10(11-5-8)12(14)15/h1-2,5,7,9,13H,3-4,6H2. The third kappa shape index (κ3) is 2.27. The molecule has 1 saturated carbocycles. The van der Waals surface area contributed by atoms with Crippen LogP contribution in [0.3, 0.4) is 0 Å². The minimum absolute atomic E-state index is 0.0976. The summed E-state index contributed by atoms with van der Waals surface area (Å²) in [5.41, 5.74) is 0. The maximum absolute atomic E-state index is 10.4. The lowest BCUT2D eigenvalue weighted by molar-refractivity contribution is -0.389. The van der Waals surface area contributed by atoms with Gasteiger partial charge in [-0.2, -0.15) is 0 Å². The predicted molar refractivity (Wildman–Crippen MR) is 55.1 cm³/mol. The van der Waals surface area contributed by atoms with E-state index in [1.54, 1.807) is 0 Å². The van der Waals surface area contributed by atoms with Crippen molar-refractivity contribution in [3.8, 4) is 5.75 Å². The van der Waals surface area contributed by atoms with Gasteiger partial charge in [0.05, 0.1) is 6.10 Å². The second-order valence-corrected chi connectivity index (χ2v) is 3.87. The van der Waals surface area contributed by atoms with Crippen molar-refractivity contribution >= 4 is 5.82 Å². The maximum Gasteiger partial charge on any atom is 0.363 e. The highest BCUT2D eigenvalue weighted by molar-refractivity contribution is 5.27. The van der Waals surface area contributed by atoms with Crippen LogP contribution < -0.4 is 4.74 Å². The van der Waals surface area contributed by atoms with E-state index >= 15 is 0 Å². The van der Waals surface area contributed by atoms with Crippen molar-refractivity contribution in [2.75, 3.05) is 6.61 Å². The molecule has 1 aromatic heterocycles. The zero-order chi connectivity index (χ0) is 11.5. The van der Waals surface area contributed by atoms with E-state index in [1.807, 2.05) is 0 Å². The van der Waals surface area contributed by atoms with E-state index in [0.717, 1.165) is 12.8 Å². The molecule has 0 radical (unpaired) electrons. The van der Waals surface area contributed by atoms with Crippen molar-refractivity contribution in [3.63, 3.8) is 0 Å². The highest BCUT2D eigenvalue weighted by Gasteiger charge is 2.30. The highest BCUT2D eigenvalue weighted by Crippen LogP contribution is 2.30. The molecule has 0 atom stereocenters. The van der Waals surface area contributed by atoms with Crippen molar-refractivity contribution in [1.29, 1.82) is 0 Å². The summed E-state index contributed by atoms with van der Waals surface area (Å²) in [6, 6.07) is 2.86. The van der Waals surface area contributed by atoms with Gasteiger partial charge in [-0.1, -0.05) is 0 Å². The van der Waals surface area contributed by atoms with Gasteiger partial charge in [0, 0.05) is 12.7 Å². The topological polar surface area (TPSA) is 85.5 Å². The van der Waals surface area contributed by atoms with Gasteiger partial charge in [0.2, 0.25) is 0 Å². The average Bonchev–Trinajstić information content (AvgIpc) is 2.23. The summed E-state index contributed by atoms with van der Waals surface area (Å²) in [6.45, 7) is 0.193. The molecule has 0 aliphatic heterocycles. The summed E-state index contributed by atoms with van der Waals surface area (Å²) in [5.74, 6) is 0.678. The van der Waals surface area contributed by atoms with Crippen LogP contribution >= 0.6 is 0 Å². The summed E-state index contributed by atoms with van der Waals surface area (Å²) in [5, 5.41) is 19.2. The Bertz CT molecular complexity index is 373. The Labute approximate surface area is 92.0 Å². The van der Waals surface area contributed by atoms with E-state index in [2.05, 4.69) is 4.98 Å². The van der Waals surface area contributed by atoms with Crippen LogP contribution in [-0.4, -0.2) is 27.7 Å². The smallest absolute Gasteiger partial charge is 0.363 e. The first-order valence-corrected chi connectivity index (χ1v) is 5.07. The van der Waals surface area contributed by atoms with Crippen LogP contribution in [0, 0.1) is 16.0 Å². The number of pyridine rings is 1. The molecule has 1 aliphatic carbocycles. The maximum atomic E-state index is 10.4. The monoisotopic (exact) mass is 224 g/mol. The summed E-state index contributed by atoms with van der Waals surface area (Å²) in [7, 11) is 0. The molecule has 1 aromatic rings. The van der Waals surface area contributed by atoms with Crippen LogP contribution in [-0.2, 0) is 0 Å². The third-order valence-electron chi connectivity index (χ3n) is 2.66. The fraction of sp³-hybridized carbons (Fsp3) is 0.500. The summed E-state index contributed by atoms with van der Waals surface area (Å²) >= 11 is 0. The van der Waals surface area contributed by atoms with Crippen LogP contribution in [0.1, 0.15) is 12.8 Å². The molecule has 1 N–H and O–H groups in total. The summed E-state index contributed by atoms with van der Waals surface area (Å²) in [4.78, 5) is 13.5. The van der Waals surface area contributed by atoms with Gasteiger partial charge >= 0.3 is 5.82 Å². The van der Waals surface area contributed by atoms with Crippen LogP contribution in [0.5, 0.6) is 5.75 Å². The normalized spacial score (nSPS) is 23.6. The second-order valence-electron chi connectivity index (χ2n) is 3.87. The molecule has 2 rings (SSSR count). The Morgan fingerprint density at radius 1 is 1.56 bits per heavy atom. The SMILES string of the molecule is O=[N+]([O-])c1ccc(OC2CC(CO)C2)cn1. The van der Waals surface area contributed by atoms with E-state index in [9.17, 15) is 10.1 Å². The number of hydrogen-bond donors (Lipinski definition) is 1. The van der Waals surface area contributed by atoms with Crippen molar-refractivity contribution in [2.24, 2.45) is 5.92 Å². The molecule has 0 unspecified atom stereocenters. The van der Waals surface area contributed by atoms with Gasteiger partial charge in [0.15, 0.2) is 11.9 Å². The first-order valence-electron chi connectivity index (χ1n) is 5.07. The predicted octanol–water partition coefficient (Wildman–Crippen LogP) is 1.14. The lowest BCUT2D eigenvalue weighted by atomic mass is 9.83. The first kappa shape index (κ1) is 10.8. The molecule has 1 heterocycles. The molecule has 1 aliphatic rings. The molecular formula is C10H12N2O4. The van der Waals surface area contributed by atoms with E-state index in [4.69, 9.17) is 9.84 Å². The summed E-state index contributed by atoms with van der Waals surface area (Å²) < 4.78 is 5.52. The molecule has 86 valence electrons. The number of nitrogens with zero attached hydrogens (tertiary/aromatic N) is 2. The van der Waals surface area contributed by atoms with E-state index < -0.39 is 4.92 Å². The first-order chi connectivity index (χ1) is 7.69. The fourth-order valence-electron chi connectivity index (χ4n) is 1.66. The van der Waals surface area contributed by atoms with Gasteiger partial charge < -0.3 is 20.0 Å². The minimum Gasteiger partial charge on any atom is -0.486 e. The Kier molecular flexibility index (Phi) is 3.00. The molecule has 0 aromatic carbocycles. The number of aromatic nitrogens is 1. The zero-order valence-corrected chi connectivity index (χ0v) is 8.57. The Hall–Kier alpha value is -1.69. The van der Waals surface area contributed by atoms with E-state index in [-0.39, 0.29) is 18.5 Å². The van der Waals surface area contributed by atoms with Crippen LogP contribution in [0.25, 0.3) is 0 Å². The van der Waals surface area contributed by atoms with Gasteiger partial charge in [-0.05, 0) is 34.7 Å². The van der Waals surface area contributed by atoms with Gasteiger partial charge in [0.25, 0.3) is 0 Å². The average molecular weight is 224 g/mol. The Morgan fingerprint density at radius 2 is 2.31 bits per heavy atom. The second kappa shape index (κ2) is 4.44. The fourth-order valence-corrected chi connectivity index (χ4v) is 1.66. The number of aliphatic hydroxyl groups is 1. The van der Waals surface area contributed by atoms with Gasteiger partial charge in [0.1, 0.15) is 0 Å². The van der Waals surface area contributed by atoms with Gasteiger partial charge in [-0.3, -0.25) is 0 Å². The Morgan fingerprint density at radius 3 is 2.81 bits per heavy atom. The number of aliphatic hydroxyl groups excluding tert-OH is 1. The minimum atomic E-state index is -0.547. The molecule has 0 amide bonds. The molecule has 6 nitrogen and oxygen atoms in total. The molecule has 0 bridgehead atoms. The molecule has 0 spiro atoms. The number of rotatable bonds is 4. The molecular weight excluding hydrogens is 212 g/mol. The zero-order valence-electron chi connectivity index (χ0n) is 8.57. The van der Waals surface area contributed by atoms with Crippen LogP contribution in [0.4, 0.5) is 5.82 Å². The number of nitro groups is 1. The molecule has 16 heavy (non-hydrogen) atoms. The Balaban J connectivity index is 1.89. The van der Waals surface area contributed by atoms with Crippen LogP contribution in [0.15, 0.2) is 18.3 Å². The van der Waals surface area contributed by atoms with Gasteiger partial charge in [-0.15, -0.1) is 0 Å². The van der Waals surface area contributed by atoms with E-state index in [0.29, 0.717) is 11.7 Å². The largest absolute Gasteiger partial charge is 0.486 e. The molecule has 1 fully saturated rings. The lowest BCUT2D eigenvalue weighted by Crippen LogP contribution is -2.35. The highest BCUT2D eigenvalue weighted by atomic mass is 16.6. The van der Waals surface area contributed by atoms with E-state index in [1.165, 1.54) is 18.3 Å². The van der Waals surface area contributed by atoms with Crippen molar-refractivity contribution < 1.29 is 14.8 Å².